The van der Waals surface area contributed by atoms with E-state index in [1.807, 2.05) is 36.4 Å². The minimum absolute atomic E-state index is 0.0802. The molecule has 0 bridgehead atoms. The van der Waals surface area contributed by atoms with Gasteiger partial charge in [0.1, 0.15) is 11.5 Å². The summed E-state index contributed by atoms with van der Waals surface area (Å²) in [4.78, 5) is 0. The van der Waals surface area contributed by atoms with Crippen molar-refractivity contribution < 1.29 is 4.74 Å². The second kappa shape index (κ2) is 5.08. The zero-order chi connectivity index (χ0) is 13.2. The second-order valence-corrected chi connectivity index (χ2v) is 5.04. The fourth-order valence-corrected chi connectivity index (χ4v) is 2.42. The predicted molar refractivity (Wildman–Crippen MR) is 77.8 cm³/mol. The maximum atomic E-state index is 5.92. The Kier molecular flexibility index (Phi) is 3.28. The molecular formula is C16H14ClNO. The molecule has 1 N–H and O–H groups in total. The average Bonchev–Trinajstić information content (AvgIpc) is 2.43. The number of nitrogens with one attached hydrogen (secondary N) is 1. The van der Waals surface area contributed by atoms with E-state index in [-0.39, 0.29) is 6.04 Å². The molecule has 0 saturated carbocycles. The van der Waals surface area contributed by atoms with Crippen LogP contribution in [-0.4, -0.2) is 6.54 Å². The van der Waals surface area contributed by atoms with Crippen molar-refractivity contribution in [3.63, 3.8) is 0 Å². The number of para-hydroxylation sites is 2. The van der Waals surface area contributed by atoms with Crippen molar-refractivity contribution in [1.29, 1.82) is 0 Å². The van der Waals surface area contributed by atoms with Gasteiger partial charge in [-0.15, -0.1) is 0 Å². The first-order valence-corrected chi connectivity index (χ1v) is 6.56. The molecule has 1 heterocycles. The highest BCUT2D eigenvalue weighted by molar-refractivity contribution is 6.29. The standard InChI is InChI=1S/C16H14ClNO/c1-11(17)10-18-16-12-6-2-4-8-14(12)19-15-9-5-3-7-13(15)16/h2-9,16,18H,1,10H2. The molecule has 2 aromatic carbocycles. The molecule has 0 saturated heterocycles. The number of benzene rings is 2. The largest absolute Gasteiger partial charge is 0.457 e. The van der Waals surface area contributed by atoms with Gasteiger partial charge >= 0.3 is 0 Å². The lowest BCUT2D eigenvalue weighted by Crippen LogP contribution is -2.26. The zero-order valence-electron chi connectivity index (χ0n) is 10.4. The molecule has 96 valence electrons. The van der Waals surface area contributed by atoms with Gasteiger partial charge in [0, 0.05) is 22.7 Å². The number of fused-ring (bicyclic) bond motifs is 2. The van der Waals surface area contributed by atoms with E-state index in [0.717, 1.165) is 22.6 Å². The fourth-order valence-electron chi connectivity index (χ4n) is 2.34. The first kappa shape index (κ1) is 12.3. The first-order chi connectivity index (χ1) is 9.25. The van der Waals surface area contributed by atoms with Crippen molar-refractivity contribution in [3.05, 3.63) is 71.3 Å². The highest BCUT2D eigenvalue weighted by Crippen LogP contribution is 2.42. The fraction of sp³-hybridized carbons (Fsp3) is 0.125. The summed E-state index contributed by atoms with van der Waals surface area (Å²) in [6.07, 6.45) is 0. The Morgan fingerprint density at radius 1 is 1.05 bits per heavy atom. The second-order valence-electron chi connectivity index (χ2n) is 4.51. The third-order valence-corrected chi connectivity index (χ3v) is 3.31. The van der Waals surface area contributed by atoms with Gasteiger partial charge in [0.25, 0.3) is 0 Å². The van der Waals surface area contributed by atoms with Crippen LogP contribution in [0, 0.1) is 0 Å². The lowest BCUT2D eigenvalue weighted by atomic mass is 9.94. The molecule has 2 aromatic rings. The Bertz CT molecular complexity index is 578. The Hall–Kier alpha value is -1.77. The maximum absolute atomic E-state index is 5.92. The molecule has 3 rings (SSSR count). The number of hydrogen-bond donors (Lipinski definition) is 1. The zero-order valence-corrected chi connectivity index (χ0v) is 11.2. The van der Waals surface area contributed by atoms with Crippen molar-refractivity contribution in [2.45, 2.75) is 6.04 Å². The summed E-state index contributed by atoms with van der Waals surface area (Å²) in [6, 6.07) is 16.2. The van der Waals surface area contributed by atoms with Crippen LogP contribution in [0.5, 0.6) is 11.5 Å². The summed E-state index contributed by atoms with van der Waals surface area (Å²) in [6.45, 7) is 4.29. The molecule has 2 nitrogen and oxygen atoms in total. The molecule has 0 aliphatic carbocycles. The Morgan fingerprint density at radius 3 is 2.11 bits per heavy atom. The van der Waals surface area contributed by atoms with E-state index >= 15 is 0 Å². The number of halogens is 1. The lowest BCUT2D eigenvalue weighted by molar-refractivity contribution is 0.432. The monoisotopic (exact) mass is 271 g/mol. The lowest BCUT2D eigenvalue weighted by Gasteiger charge is -2.28. The molecule has 0 atom stereocenters. The van der Waals surface area contributed by atoms with E-state index in [2.05, 4.69) is 24.0 Å². The number of hydrogen-bond acceptors (Lipinski definition) is 2. The number of ether oxygens (including phenoxy) is 1. The van der Waals surface area contributed by atoms with Gasteiger partial charge in [0.2, 0.25) is 0 Å². The van der Waals surface area contributed by atoms with Gasteiger partial charge in [-0.1, -0.05) is 54.6 Å². The summed E-state index contributed by atoms with van der Waals surface area (Å²) in [5, 5.41) is 4.02. The molecule has 0 spiro atoms. The van der Waals surface area contributed by atoms with Gasteiger partial charge in [-0.05, 0) is 12.1 Å². The molecule has 3 heteroatoms. The SMILES string of the molecule is C=C(Cl)CNC1c2ccccc2Oc2ccccc21. The quantitative estimate of drug-likeness (QED) is 0.902. The van der Waals surface area contributed by atoms with Gasteiger partial charge in [-0.2, -0.15) is 0 Å². The van der Waals surface area contributed by atoms with Crippen LogP contribution in [0.15, 0.2) is 60.1 Å². The predicted octanol–water partition coefficient (Wildman–Crippen LogP) is 4.22. The molecule has 0 amide bonds. The Morgan fingerprint density at radius 2 is 1.58 bits per heavy atom. The minimum Gasteiger partial charge on any atom is -0.457 e. The van der Waals surface area contributed by atoms with Crippen LogP contribution in [0.1, 0.15) is 17.2 Å². The van der Waals surface area contributed by atoms with E-state index in [4.69, 9.17) is 16.3 Å². The summed E-state index contributed by atoms with van der Waals surface area (Å²) in [7, 11) is 0. The summed E-state index contributed by atoms with van der Waals surface area (Å²) in [5.41, 5.74) is 2.25. The molecule has 1 aliphatic rings. The molecule has 0 unspecified atom stereocenters. The first-order valence-electron chi connectivity index (χ1n) is 6.18. The van der Waals surface area contributed by atoms with Crippen molar-refractivity contribution in [1.82, 2.24) is 5.32 Å². The number of rotatable bonds is 3. The van der Waals surface area contributed by atoms with Crippen molar-refractivity contribution in [2.75, 3.05) is 6.54 Å². The van der Waals surface area contributed by atoms with E-state index in [1.54, 1.807) is 0 Å². The Balaban J connectivity index is 2.03. The topological polar surface area (TPSA) is 21.3 Å². The van der Waals surface area contributed by atoms with Gasteiger partial charge in [-0.3, -0.25) is 0 Å². The van der Waals surface area contributed by atoms with Crippen molar-refractivity contribution in [2.24, 2.45) is 0 Å². The average molecular weight is 272 g/mol. The third-order valence-electron chi connectivity index (χ3n) is 3.18. The maximum Gasteiger partial charge on any atom is 0.132 e. The normalized spacial score (nSPS) is 13.3. The van der Waals surface area contributed by atoms with Crippen LogP contribution >= 0.6 is 11.6 Å². The van der Waals surface area contributed by atoms with Gasteiger partial charge in [-0.25, -0.2) is 0 Å². The third kappa shape index (κ3) is 2.37. The van der Waals surface area contributed by atoms with Gasteiger partial charge < -0.3 is 10.1 Å². The molecular weight excluding hydrogens is 258 g/mol. The minimum atomic E-state index is 0.0802. The molecule has 0 fully saturated rings. The highest BCUT2D eigenvalue weighted by atomic mass is 35.5. The summed E-state index contributed by atoms with van der Waals surface area (Å²) < 4.78 is 5.92. The summed E-state index contributed by atoms with van der Waals surface area (Å²) >= 11 is 5.86. The molecule has 0 aromatic heterocycles. The van der Waals surface area contributed by atoms with E-state index < -0.39 is 0 Å². The summed E-state index contributed by atoms with van der Waals surface area (Å²) in [5.74, 6) is 1.78. The van der Waals surface area contributed by atoms with Crippen molar-refractivity contribution in [3.8, 4) is 11.5 Å². The molecule has 0 radical (unpaired) electrons. The van der Waals surface area contributed by atoms with Crippen LogP contribution in [0.25, 0.3) is 0 Å². The van der Waals surface area contributed by atoms with Gasteiger partial charge in [0.05, 0.1) is 6.04 Å². The van der Waals surface area contributed by atoms with Gasteiger partial charge in [0.15, 0.2) is 0 Å². The van der Waals surface area contributed by atoms with E-state index in [1.165, 1.54) is 0 Å². The van der Waals surface area contributed by atoms with Crippen LogP contribution in [0.4, 0.5) is 0 Å². The van der Waals surface area contributed by atoms with E-state index in [9.17, 15) is 0 Å². The highest BCUT2D eigenvalue weighted by Gasteiger charge is 2.26. The van der Waals surface area contributed by atoms with Crippen LogP contribution < -0.4 is 10.1 Å². The van der Waals surface area contributed by atoms with Crippen molar-refractivity contribution >= 4 is 11.6 Å². The molecule has 19 heavy (non-hydrogen) atoms. The van der Waals surface area contributed by atoms with Crippen LogP contribution in [0.3, 0.4) is 0 Å². The molecule has 1 aliphatic heterocycles. The Labute approximate surface area is 117 Å². The van der Waals surface area contributed by atoms with E-state index in [0.29, 0.717) is 11.6 Å². The van der Waals surface area contributed by atoms with Crippen LogP contribution in [-0.2, 0) is 0 Å². The van der Waals surface area contributed by atoms with Crippen LogP contribution in [0.2, 0.25) is 0 Å². The smallest absolute Gasteiger partial charge is 0.132 e.